The number of hydrogen-bond donors (Lipinski definition) is 0. The molecule has 32 heavy (non-hydrogen) atoms. The summed E-state index contributed by atoms with van der Waals surface area (Å²) in [7, 11) is -0.0104. The smallest absolute Gasteiger partial charge is 0.192 e. The molecule has 1 aromatic heterocycles. The van der Waals surface area contributed by atoms with Crippen molar-refractivity contribution in [3.63, 3.8) is 0 Å². The fourth-order valence-electron chi connectivity index (χ4n) is 3.89. The van der Waals surface area contributed by atoms with Crippen LogP contribution in [0.2, 0.25) is 18.1 Å². The van der Waals surface area contributed by atoms with Gasteiger partial charge < -0.3 is 9.16 Å². The van der Waals surface area contributed by atoms with E-state index in [1.54, 1.807) is 11.3 Å². The van der Waals surface area contributed by atoms with Gasteiger partial charge in [0.05, 0.1) is 22.4 Å². The number of rotatable bonds is 11. The zero-order chi connectivity index (χ0) is 24.1. The Morgan fingerprint density at radius 3 is 2.44 bits per heavy atom. The van der Waals surface area contributed by atoms with Gasteiger partial charge in [0, 0.05) is 18.8 Å². The van der Waals surface area contributed by atoms with Crippen LogP contribution in [0.1, 0.15) is 54.9 Å². The van der Waals surface area contributed by atoms with Crippen LogP contribution in [0.25, 0.3) is 10.2 Å². The highest BCUT2D eigenvalue weighted by atomic mass is 32.2. The predicted molar refractivity (Wildman–Crippen MR) is 146 cm³/mol. The fraction of sp³-hybridized carbons (Fsp3) is 0.654. The van der Waals surface area contributed by atoms with E-state index < -0.39 is 8.32 Å². The van der Waals surface area contributed by atoms with Gasteiger partial charge >= 0.3 is 0 Å². The standard InChI is InChI=1S/C26H43NO2S2Si/c1-18(15-19(2)17-30-25-27-22-13-11-12-14-23(22)31-25)16-20(3)24(28-8)21(4)29-32(9,10)26(5,6)7/h11-14,16,19-21,24H,15,17H2,1-10H3/b18-16+/t19-,20-,21-,24+/m0/s1. The lowest BCUT2D eigenvalue weighted by Gasteiger charge is -2.41. The van der Waals surface area contributed by atoms with Crippen molar-refractivity contribution in [1.82, 2.24) is 4.98 Å². The molecule has 0 aliphatic carbocycles. The Morgan fingerprint density at radius 2 is 1.84 bits per heavy atom. The van der Waals surface area contributed by atoms with E-state index in [1.165, 1.54) is 14.6 Å². The minimum Gasteiger partial charge on any atom is -0.412 e. The van der Waals surface area contributed by atoms with Crippen molar-refractivity contribution in [3.8, 4) is 0 Å². The number of fused-ring (bicyclic) bond motifs is 1. The summed E-state index contributed by atoms with van der Waals surface area (Å²) in [6.07, 6.45) is 3.62. The Bertz CT molecular complexity index is 854. The summed E-state index contributed by atoms with van der Waals surface area (Å²) in [6, 6.07) is 8.38. The molecule has 0 unspecified atom stereocenters. The second-order valence-electron chi connectivity index (χ2n) is 10.7. The summed E-state index contributed by atoms with van der Waals surface area (Å²) >= 11 is 3.67. The van der Waals surface area contributed by atoms with Gasteiger partial charge in [-0.1, -0.05) is 70.2 Å². The predicted octanol–water partition coefficient (Wildman–Crippen LogP) is 8.42. The summed E-state index contributed by atoms with van der Waals surface area (Å²) in [5.41, 5.74) is 2.54. The van der Waals surface area contributed by atoms with Crippen LogP contribution in [0.4, 0.5) is 0 Å². The number of thioether (sulfide) groups is 1. The van der Waals surface area contributed by atoms with E-state index in [0.29, 0.717) is 11.8 Å². The molecule has 4 atom stereocenters. The number of thiazole rings is 1. The largest absolute Gasteiger partial charge is 0.412 e. The minimum absolute atomic E-state index is 0.0616. The molecule has 0 radical (unpaired) electrons. The first-order valence-corrected chi connectivity index (χ1v) is 16.4. The maximum atomic E-state index is 6.63. The maximum absolute atomic E-state index is 6.63. The zero-order valence-electron chi connectivity index (χ0n) is 21.7. The molecule has 0 saturated heterocycles. The number of aromatic nitrogens is 1. The molecule has 0 amide bonds. The van der Waals surface area contributed by atoms with Gasteiger partial charge in [0.15, 0.2) is 12.7 Å². The van der Waals surface area contributed by atoms with Gasteiger partial charge in [-0.2, -0.15) is 0 Å². The monoisotopic (exact) mass is 493 g/mol. The Labute approximate surface area is 205 Å². The number of hydrogen-bond acceptors (Lipinski definition) is 5. The summed E-state index contributed by atoms with van der Waals surface area (Å²) in [5, 5.41) is 0.199. The van der Waals surface area contributed by atoms with E-state index in [1.807, 2.05) is 18.9 Å². The van der Waals surface area contributed by atoms with Gasteiger partial charge in [-0.15, -0.1) is 11.3 Å². The number of methoxy groups -OCH3 is 1. The molecule has 0 N–H and O–H groups in total. The van der Waals surface area contributed by atoms with Crippen LogP contribution in [0.5, 0.6) is 0 Å². The molecule has 2 aromatic rings. The topological polar surface area (TPSA) is 31.4 Å². The first kappa shape index (κ1) is 27.6. The van der Waals surface area contributed by atoms with E-state index in [0.717, 1.165) is 17.7 Å². The van der Waals surface area contributed by atoms with Gasteiger partial charge in [-0.25, -0.2) is 4.98 Å². The molecule has 0 saturated carbocycles. The lowest BCUT2D eigenvalue weighted by Crippen LogP contribution is -2.47. The van der Waals surface area contributed by atoms with Crippen molar-refractivity contribution in [2.75, 3.05) is 12.9 Å². The average molecular weight is 494 g/mol. The third-order valence-electron chi connectivity index (χ3n) is 6.52. The van der Waals surface area contributed by atoms with Gasteiger partial charge in [-0.3, -0.25) is 0 Å². The SMILES string of the molecule is CO[C@@H]([C@H](C)O[Si](C)(C)C(C)(C)C)[C@@H](C)/C=C(\C)C[C@H](C)CSc1nc2ccccc2s1. The summed E-state index contributed by atoms with van der Waals surface area (Å²) in [6.45, 7) is 20.5. The van der Waals surface area contributed by atoms with Gasteiger partial charge in [0.1, 0.15) is 0 Å². The number of benzene rings is 1. The van der Waals surface area contributed by atoms with Gasteiger partial charge in [0.2, 0.25) is 0 Å². The van der Waals surface area contributed by atoms with Crippen molar-refractivity contribution in [1.29, 1.82) is 0 Å². The van der Waals surface area contributed by atoms with Crippen LogP contribution in [-0.4, -0.2) is 38.4 Å². The van der Waals surface area contributed by atoms with Crippen LogP contribution in [0.3, 0.4) is 0 Å². The van der Waals surface area contributed by atoms with Crippen molar-refractivity contribution in [3.05, 3.63) is 35.9 Å². The van der Waals surface area contributed by atoms with Crippen molar-refractivity contribution < 1.29 is 9.16 Å². The number of ether oxygens (including phenoxy) is 1. The van der Waals surface area contributed by atoms with Crippen LogP contribution >= 0.6 is 23.1 Å². The number of nitrogens with zero attached hydrogens (tertiary/aromatic N) is 1. The lowest BCUT2D eigenvalue weighted by atomic mass is 9.95. The molecular weight excluding hydrogens is 451 g/mol. The Hall–Kier alpha value is -0.663. The van der Waals surface area contributed by atoms with Gasteiger partial charge in [-0.05, 0) is 56.5 Å². The second kappa shape index (κ2) is 11.7. The summed E-state index contributed by atoms with van der Waals surface area (Å²) < 4.78 is 15.0. The second-order valence-corrected chi connectivity index (χ2v) is 17.8. The van der Waals surface area contributed by atoms with Crippen LogP contribution in [0, 0.1) is 11.8 Å². The van der Waals surface area contributed by atoms with Crippen LogP contribution in [0.15, 0.2) is 40.3 Å². The normalized spacial score (nSPS) is 17.4. The maximum Gasteiger partial charge on any atom is 0.192 e. The van der Waals surface area contributed by atoms with Crippen molar-refractivity contribution >= 4 is 41.6 Å². The molecule has 0 aliphatic heterocycles. The molecule has 180 valence electrons. The zero-order valence-corrected chi connectivity index (χ0v) is 24.3. The molecule has 2 rings (SSSR count). The Balaban J connectivity index is 1.91. The highest BCUT2D eigenvalue weighted by Gasteiger charge is 2.40. The summed E-state index contributed by atoms with van der Waals surface area (Å²) in [4.78, 5) is 4.75. The van der Waals surface area contributed by atoms with Crippen LogP contribution in [-0.2, 0) is 9.16 Å². The van der Waals surface area contributed by atoms with Crippen molar-refractivity contribution in [2.24, 2.45) is 11.8 Å². The van der Waals surface area contributed by atoms with Crippen LogP contribution < -0.4 is 0 Å². The Morgan fingerprint density at radius 1 is 1.19 bits per heavy atom. The molecular formula is C26H43NO2S2Si. The molecule has 0 bridgehead atoms. The molecule has 1 aromatic carbocycles. The van der Waals surface area contributed by atoms with E-state index in [9.17, 15) is 0 Å². The minimum atomic E-state index is -1.82. The summed E-state index contributed by atoms with van der Waals surface area (Å²) in [5.74, 6) is 1.99. The van der Waals surface area contributed by atoms with E-state index in [-0.39, 0.29) is 17.2 Å². The quantitative estimate of drug-likeness (QED) is 0.178. The molecule has 1 heterocycles. The molecule has 0 fully saturated rings. The molecule has 0 aliphatic rings. The number of para-hydroxylation sites is 1. The molecule has 0 spiro atoms. The Kier molecular flexibility index (Phi) is 10.0. The first-order valence-electron chi connectivity index (χ1n) is 11.7. The van der Waals surface area contributed by atoms with E-state index >= 15 is 0 Å². The fourth-order valence-corrected chi connectivity index (χ4v) is 7.42. The van der Waals surface area contributed by atoms with Gasteiger partial charge in [0.25, 0.3) is 0 Å². The van der Waals surface area contributed by atoms with E-state index in [4.69, 9.17) is 14.1 Å². The van der Waals surface area contributed by atoms with E-state index in [2.05, 4.69) is 91.9 Å². The first-order chi connectivity index (χ1) is 14.8. The average Bonchev–Trinajstić information content (AvgIpc) is 3.08. The number of allylic oxidation sites excluding steroid dienone is 1. The highest BCUT2D eigenvalue weighted by molar-refractivity contribution is 8.01. The molecule has 6 heteroatoms. The third-order valence-corrected chi connectivity index (χ3v) is 13.6. The third kappa shape index (κ3) is 7.69. The highest BCUT2D eigenvalue weighted by Crippen LogP contribution is 2.38. The van der Waals surface area contributed by atoms with Crippen molar-refractivity contribution in [2.45, 2.75) is 89.6 Å². The lowest BCUT2D eigenvalue weighted by molar-refractivity contribution is -0.0162. The molecule has 3 nitrogen and oxygen atoms in total.